The van der Waals surface area contributed by atoms with Crippen LogP contribution in [0.3, 0.4) is 0 Å². The van der Waals surface area contributed by atoms with Gasteiger partial charge in [0.1, 0.15) is 0 Å². The second-order valence-corrected chi connectivity index (χ2v) is 4.57. The molecule has 14 heavy (non-hydrogen) atoms. The number of benzene rings is 1. The van der Waals surface area contributed by atoms with Crippen LogP contribution in [-0.2, 0) is 6.42 Å². The van der Waals surface area contributed by atoms with Crippen molar-refractivity contribution in [1.29, 1.82) is 0 Å². The first-order valence-corrected chi connectivity index (χ1v) is 5.99. The van der Waals surface area contributed by atoms with E-state index in [0.29, 0.717) is 0 Å². The molecule has 1 aliphatic heterocycles. The Morgan fingerprint density at radius 2 is 2.36 bits per heavy atom. The smallest absolute Gasteiger partial charge is 0.0478 e. The maximum atomic E-state index is 8.75. The Kier molecular flexibility index (Phi) is 3.32. The fourth-order valence-corrected chi connectivity index (χ4v) is 2.57. The summed E-state index contributed by atoms with van der Waals surface area (Å²) in [6.45, 7) is 1.34. The van der Waals surface area contributed by atoms with E-state index in [-0.39, 0.29) is 6.61 Å². The summed E-state index contributed by atoms with van der Waals surface area (Å²) in [5.74, 6) is 1.15. The van der Waals surface area contributed by atoms with E-state index in [4.69, 9.17) is 5.11 Å². The topological polar surface area (TPSA) is 32.3 Å². The zero-order valence-corrected chi connectivity index (χ0v) is 8.94. The average molecular weight is 209 g/mol. The van der Waals surface area contributed by atoms with Gasteiger partial charge in [0.2, 0.25) is 0 Å². The van der Waals surface area contributed by atoms with Crippen LogP contribution < -0.4 is 5.32 Å². The van der Waals surface area contributed by atoms with Gasteiger partial charge in [-0.15, -0.1) is 11.8 Å². The van der Waals surface area contributed by atoms with Crippen LogP contribution in [0.4, 0.5) is 5.69 Å². The van der Waals surface area contributed by atoms with Crippen LogP contribution in [0.25, 0.3) is 0 Å². The van der Waals surface area contributed by atoms with Gasteiger partial charge in [-0.1, -0.05) is 6.07 Å². The van der Waals surface area contributed by atoms with E-state index in [9.17, 15) is 0 Å². The number of anilines is 1. The van der Waals surface area contributed by atoms with Crippen molar-refractivity contribution in [2.45, 2.75) is 17.7 Å². The van der Waals surface area contributed by atoms with E-state index in [1.807, 2.05) is 11.8 Å². The maximum absolute atomic E-state index is 8.75. The Balaban J connectivity index is 2.12. The molecule has 0 unspecified atom stereocenters. The molecule has 3 heteroatoms. The Hall–Kier alpha value is -0.670. The molecule has 0 fully saturated rings. The predicted molar refractivity (Wildman–Crippen MR) is 61.1 cm³/mol. The van der Waals surface area contributed by atoms with Gasteiger partial charge >= 0.3 is 0 Å². The minimum atomic E-state index is 0.280. The standard InChI is InChI=1S/C11H15NOS/c13-6-1-2-9-3-4-10-11(8-9)14-7-5-12-10/h3-4,8,12-13H,1-2,5-7H2. The SMILES string of the molecule is OCCCc1ccc2c(c1)SCCN2. The number of nitrogens with one attached hydrogen (secondary N) is 1. The number of thioether (sulfide) groups is 1. The molecule has 76 valence electrons. The van der Waals surface area contributed by atoms with Crippen LogP contribution >= 0.6 is 11.8 Å². The van der Waals surface area contributed by atoms with Crippen LogP contribution in [0.2, 0.25) is 0 Å². The maximum Gasteiger partial charge on any atom is 0.0478 e. The molecule has 2 nitrogen and oxygen atoms in total. The fourth-order valence-electron chi connectivity index (χ4n) is 1.62. The Morgan fingerprint density at radius 1 is 1.43 bits per heavy atom. The molecule has 1 aliphatic rings. The molecule has 0 radical (unpaired) electrons. The minimum Gasteiger partial charge on any atom is -0.396 e. The number of hydrogen-bond acceptors (Lipinski definition) is 3. The van der Waals surface area contributed by atoms with Crippen LogP contribution in [0.5, 0.6) is 0 Å². The highest BCUT2D eigenvalue weighted by Crippen LogP contribution is 2.31. The van der Waals surface area contributed by atoms with E-state index in [1.54, 1.807) is 0 Å². The highest BCUT2D eigenvalue weighted by atomic mass is 32.2. The van der Waals surface area contributed by atoms with Crippen molar-refractivity contribution in [2.75, 3.05) is 24.2 Å². The minimum absolute atomic E-state index is 0.280. The first-order valence-electron chi connectivity index (χ1n) is 5.00. The molecule has 2 N–H and O–H groups in total. The lowest BCUT2D eigenvalue weighted by Gasteiger charge is -2.18. The first-order chi connectivity index (χ1) is 6.90. The van der Waals surface area contributed by atoms with Crippen molar-refractivity contribution in [2.24, 2.45) is 0 Å². The summed E-state index contributed by atoms with van der Waals surface area (Å²) in [5, 5.41) is 12.1. The van der Waals surface area contributed by atoms with Crippen LogP contribution in [-0.4, -0.2) is 24.0 Å². The lowest BCUT2D eigenvalue weighted by molar-refractivity contribution is 0.288. The van der Waals surface area contributed by atoms with Gasteiger partial charge in [-0.2, -0.15) is 0 Å². The molecule has 0 bridgehead atoms. The van der Waals surface area contributed by atoms with Gasteiger partial charge in [0.05, 0.1) is 0 Å². The Morgan fingerprint density at radius 3 is 3.21 bits per heavy atom. The molecule has 1 heterocycles. The second-order valence-electron chi connectivity index (χ2n) is 3.43. The second kappa shape index (κ2) is 4.71. The van der Waals surface area contributed by atoms with E-state index < -0.39 is 0 Å². The summed E-state index contributed by atoms with van der Waals surface area (Å²) in [5.41, 5.74) is 2.59. The number of rotatable bonds is 3. The van der Waals surface area contributed by atoms with E-state index in [1.165, 1.54) is 16.1 Å². The first kappa shape index (κ1) is 9.87. The summed E-state index contributed by atoms with van der Waals surface area (Å²) in [6, 6.07) is 6.53. The van der Waals surface area contributed by atoms with E-state index in [2.05, 4.69) is 23.5 Å². The Bertz CT molecular complexity index is 314. The Labute approximate surface area is 88.7 Å². The molecule has 0 amide bonds. The molecule has 0 saturated heterocycles. The number of fused-ring (bicyclic) bond motifs is 1. The summed E-state index contributed by atoms with van der Waals surface area (Å²) in [7, 11) is 0. The van der Waals surface area contributed by atoms with Crippen molar-refractivity contribution in [3.63, 3.8) is 0 Å². The molecule has 2 rings (SSSR count). The number of aryl methyl sites for hydroxylation is 1. The predicted octanol–water partition coefficient (Wildman–Crippen LogP) is 2.13. The lowest BCUT2D eigenvalue weighted by atomic mass is 10.1. The van der Waals surface area contributed by atoms with Gasteiger partial charge < -0.3 is 10.4 Å². The fraction of sp³-hybridized carbons (Fsp3) is 0.455. The van der Waals surface area contributed by atoms with Gasteiger partial charge in [-0.05, 0) is 30.5 Å². The molecular weight excluding hydrogens is 194 g/mol. The van der Waals surface area contributed by atoms with Crippen molar-refractivity contribution in [1.82, 2.24) is 0 Å². The van der Waals surface area contributed by atoms with Crippen LogP contribution in [0.1, 0.15) is 12.0 Å². The molecule has 1 aromatic carbocycles. The van der Waals surface area contributed by atoms with Crippen LogP contribution in [0.15, 0.2) is 23.1 Å². The third kappa shape index (κ3) is 2.22. The van der Waals surface area contributed by atoms with Crippen molar-refractivity contribution >= 4 is 17.4 Å². The van der Waals surface area contributed by atoms with Crippen LogP contribution in [0, 0.1) is 0 Å². The monoisotopic (exact) mass is 209 g/mol. The van der Waals surface area contributed by atoms with E-state index >= 15 is 0 Å². The quantitative estimate of drug-likeness (QED) is 0.800. The number of hydrogen-bond donors (Lipinski definition) is 2. The van der Waals surface area contributed by atoms with Crippen molar-refractivity contribution < 1.29 is 5.11 Å². The molecule has 0 aliphatic carbocycles. The zero-order valence-electron chi connectivity index (χ0n) is 8.12. The lowest BCUT2D eigenvalue weighted by Crippen LogP contribution is -2.10. The molecule has 0 aromatic heterocycles. The highest BCUT2D eigenvalue weighted by molar-refractivity contribution is 7.99. The highest BCUT2D eigenvalue weighted by Gasteiger charge is 2.08. The molecule has 1 aromatic rings. The summed E-state index contributed by atoms with van der Waals surface area (Å²) in [6.07, 6.45) is 1.83. The van der Waals surface area contributed by atoms with Gasteiger partial charge in [-0.25, -0.2) is 0 Å². The normalized spacial score (nSPS) is 14.6. The average Bonchev–Trinajstić information content (AvgIpc) is 2.26. The third-order valence-corrected chi connectivity index (χ3v) is 3.40. The summed E-state index contributed by atoms with van der Waals surface area (Å²) >= 11 is 1.91. The van der Waals surface area contributed by atoms with E-state index in [0.717, 1.165) is 25.1 Å². The van der Waals surface area contributed by atoms with Gasteiger partial charge in [0.25, 0.3) is 0 Å². The van der Waals surface area contributed by atoms with Gasteiger partial charge in [0.15, 0.2) is 0 Å². The van der Waals surface area contributed by atoms with Gasteiger partial charge in [-0.3, -0.25) is 0 Å². The zero-order chi connectivity index (χ0) is 9.80. The molecular formula is C11H15NOS. The van der Waals surface area contributed by atoms with Gasteiger partial charge in [0, 0.05) is 29.5 Å². The van der Waals surface area contributed by atoms with Crippen molar-refractivity contribution in [3.8, 4) is 0 Å². The molecule has 0 atom stereocenters. The molecule has 0 spiro atoms. The summed E-state index contributed by atoms with van der Waals surface area (Å²) < 4.78 is 0. The number of aliphatic hydroxyl groups excluding tert-OH is 1. The number of aliphatic hydroxyl groups is 1. The third-order valence-electron chi connectivity index (χ3n) is 2.34. The summed E-state index contributed by atoms with van der Waals surface area (Å²) in [4.78, 5) is 1.35. The van der Waals surface area contributed by atoms with Crippen molar-refractivity contribution in [3.05, 3.63) is 23.8 Å². The largest absolute Gasteiger partial charge is 0.396 e. The molecule has 0 saturated carbocycles.